The van der Waals surface area contributed by atoms with Crippen LogP contribution in [0.3, 0.4) is 0 Å². The summed E-state index contributed by atoms with van der Waals surface area (Å²) in [4.78, 5) is 24.9. The quantitative estimate of drug-likeness (QED) is 0.897. The van der Waals surface area contributed by atoms with Crippen molar-refractivity contribution in [1.82, 2.24) is 9.80 Å². The first kappa shape index (κ1) is 15.5. The molecule has 3 amide bonds. The lowest BCUT2D eigenvalue weighted by atomic mass is 10.0. The summed E-state index contributed by atoms with van der Waals surface area (Å²) in [5.74, 6) is -0.583. The molecule has 21 heavy (non-hydrogen) atoms. The van der Waals surface area contributed by atoms with E-state index in [1.807, 2.05) is 0 Å². The molecule has 1 unspecified atom stereocenters. The summed E-state index contributed by atoms with van der Waals surface area (Å²) in [5.41, 5.74) is 0.690. The Bertz CT molecular complexity index is 596. The summed E-state index contributed by atoms with van der Waals surface area (Å²) < 4.78 is 13.5. The fourth-order valence-electron chi connectivity index (χ4n) is 2.42. The van der Waals surface area contributed by atoms with Gasteiger partial charge in [-0.25, -0.2) is 18.9 Å². The average Bonchev–Trinajstić information content (AvgIpc) is 2.79. The summed E-state index contributed by atoms with van der Waals surface area (Å²) in [6, 6.07) is 1.01. The van der Waals surface area contributed by atoms with Crippen LogP contribution in [-0.2, 0) is 6.61 Å². The molecule has 114 valence electrons. The number of hydrogen-bond acceptors (Lipinski definition) is 3. The second kappa shape index (κ2) is 5.87. The molecule has 1 aromatic rings. The van der Waals surface area contributed by atoms with E-state index in [1.165, 1.54) is 11.0 Å². The molecule has 2 rings (SSSR count). The molecule has 1 heterocycles. The number of aliphatic hydroxyl groups excluding tert-OH is 1. The Morgan fingerprint density at radius 2 is 2.14 bits per heavy atom. The van der Waals surface area contributed by atoms with Crippen LogP contribution in [0.5, 0.6) is 0 Å². The van der Waals surface area contributed by atoms with Gasteiger partial charge in [0.05, 0.1) is 19.2 Å². The molecular formula is C13H14ClFN2O4. The Kier molecular flexibility index (Phi) is 4.34. The Morgan fingerprint density at radius 1 is 1.48 bits per heavy atom. The summed E-state index contributed by atoms with van der Waals surface area (Å²) in [5, 5.41) is 18.3. The predicted molar refractivity (Wildman–Crippen MR) is 72.6 cm³/mol. The first-order chi connectivity index (χ1) is 9.86. The van der Waals surface area contributed by atoms with Crippen molar-refractivity contribution in [2.75, 3.05) is 13.1 Å². The maximum Gasteiger partial charge on any atom is 0.415 e. The smallest absolute Gasteiger partial charge is 0.415 e. The molecule has 1 aromatic carbocycles. The second-order valence-corrected chi connectivity index (χ2v) is 5.11. The summed E-state index contributed by atoms with van der Waals surface area (Å²) in [7, 11) is 0. The van der Waals surface area contributed by atoms with Crippen molar-refractivity contribution in [3.63, 3.8) is 0 Å². The van der Waals surface area contributed by atoms with Gasteiger partial charge in [-0.3, -0.25) is 0 Å². The monoisotopic (exact) mass is 316 g/mol. The Labute approximate surface area is 125 Å². The number of hydrogen-bond donors (Lipinski definition) is 2. The van der Waals surface area contributed by atoms with E-state index in [4.69, 9.17) is 16.7 Å². The number of carboxylic acid groups (broad SMARTS) is 1. The van der Waals surface area contributed by atoms with Crippen molar-refractivity contribution in [1.29, 1.82) is 0 Å². The number of nitrogens with zero attached hydrogens (tertiary/aromatic N) is 2. The van der Waals surface area contributed by atoms with Crippen LogP contribution in [0.1, 0.15) is 24.1 Å². The van der Waals surface area contributed by atoms with Gasteiger partial charge < -0.3 is 15.1 Å². The van der Waals surface area contributed by atoms with Gasteiger partial charge in [-0.2, -0.15) is 0 Å². The zero-order valence-electron chi connectivity index (χ0n) is 11.2. The molecule has 0 saturated carbocycles. The highest BCUT2D eigenvalue weighted by Gasteiger charge is 2.36. The molecule has 1 fully saturated rings. The van der Waals surface area contributed by atoms with Gasteiger partial charge in [-0.05, 0) is 24.6 Å². The van der Waals surface area contributed by atoms with Gasteiger partial charge in [0.25, 0.3) is 0 Å². The lowest BCUT2D eigenvalue weighted by Crippen LogP contribution is -2.36. The van der Waals surface area contributed by atoms with Crippen molar-refractivity contribution < 1.29 is 24.2 Å². The van der Waals surface area contributed by atoms with Crippen LogP contribution < -0.4 is 0 Å². The molecule has 0 aromatic heterocycles. The fourth-order valence-corrected chi connectivity index (χ4v) is 2.69. The van der Waals surface area contributed by atoms with E-state index in [2.05, 4.69) is 0 Å². The molecule has 0 spiro atoms. The van der Waals surface area contributed by atoms with Crippen LogP contribution in [-0.4, -0.2) is 45.2 Å². The first-order valence-electron chi connectivity index (χ1n) is 6.26. The maximum atomic E-state index is 13.5. The van der Waals surface area contributed by atoms with Crippen LogP contribution in [0.2, 0.25) is 5.02 Å². The van der Waals surface area contributed by atoms with Crippen LogP contribution in [0.4, 0.5) is 14.0 Å². The van der Waals surface area contributed by atoms with E-state index in [9.17, 15) is 19.1 Å². The molecule has 0 radical (unpaired) electrons. The van der Waals surface area contributed by atoms with Gasteiger partial charge in [-0.15, -0.1) is 0 Å². The van der Waals surface area contributed by atoms with Gasteiger partial charge in [0, 0.05) is 17.1 Å². The molecule has 0 aliphatic carbocycles. The molecule has 8 heteroatoms. The van der Waals surface area contributed by atoms with Gasteiger partial charge >= 0.3 is 12.1 Å². The summed E-state index contributed by atoms with van der Waals surface area (Å²) in [6.07, 6.45) is -1.32. The first-order valence-corrected chi connectivity index (χ1v) is 6.64. The number of aliphatic hydroxyl groups is 1. The minimum Gasteiger partial charge on any atom is -0.465 e. The molecule has 2 N–H and O–H groups in total. The van der Waals surface area contributed by atoms with E-state index in [0.29, 0.717) is 16.0 Å². The Balaban J connectivity index is 2.35. The Hall–Kier alpha value is -1.86. The van der Waals surface area contributed by atoms with Gasteiger partial charge in [-0.1, -0.05) is 11.6 Å². The van der Waals surface area contributed by atoms with E-state index < -0.39 is 30.6 Å². The molecular weight excluding hydrogens is 303 g/mol. The lowest BCUT2D eigenvalue weighted by Gasteiger charge is -2.26. The largest absolute Gasteiger partial charge is 0.465 e. The third kappa shape index (κ3) is 2.79. The third-order valence-corrected chi connectivity index (χ3v) is 3.88. The minimum absolute atomic E-state index is 0.0516. The number of carbonyl (C=O) groups is 2. The zero-order valence-corrected chi connectivity index (χ0v) is 12.0. The highest BCUT2D eigenvalue weighted by atomic mass is 35.5. The van der Waals surface area contributed by atoms with E-state index in [1.54, 1.807) is 6.92 Å². The second-order valence-electron chi connectivity index (χ2n) is 4.70. The van der Waals surface area contributed by atoms with Crippen LogP contribution in [0.15, 0.2) is 12.1 Å². The zero-order chi connectivity index (χ0) is 15.7. The molecule has 0 bridgehead atoms. The topological polar surface area (TPSA) is 81.1 Å². The van der Waals surface area contributed by atoms with Crippen molar-refractivity contribution in [3.05, 3.63) is 34.1 Å². The van der Waals surface area contributed by atoms with E-state index in [-0.39, 0.29) is 18.1 Å². The molecule has 1 aliphatic heterocycles. The highest BCUT2D eigenvalue weighted by Crippen LogP contribution is 2.31. The molecule has 1 saturated heterocycles. The van der Waals surface area contributed by atoms with Crippen LogP contribution in [0.25, 0.3) is 0 Å². The number of urea groups is 1. The van der Waals surface area contributed by atoms with Crippen molar-refractivity contribution in [3.8, 4) is 0 Å². The number of halogens is 2. The Morgan fingerprint density at radius 3 is 2.67 bits per heavy atom. The average molecular weight is 317 g/mol. The lowest BCUT2D eigenvalue weighted by molar-refractivity contribution is 0.149. The standard InChI is InChI=1S/C13H14ClFN2O4/c1-7(16-2-3-17(12(16)19)13(20)21)9-4-8(15)5-11(14)10(9)6-18/h4-5,7,18H,2-3,6H2,1H3,(H,20,21). The van der Waals surface area contributed by atoms with Gasteiger partial charge in [0.15, 0.2) is 0 Å². The summed E-state index contributed by atoms with van der Waals surface area (Å²) >= 11 is 5.89. The third-order valence-electron chi connectivity index (χ3n) is 3.54. The van der Waals surface area contributed by atoms with Gasteiger partial charge in [0.2, 0.25) is 0 Å². The van der Waals surface area contributed by atoms with E-state index >= 15 is 0 Å². The number of rotatable bonds is 3. The summed E-state index contributed by atoms with van der Waals surface area (Å²) in [6.45, 7) is 1.48. The minimum atomic E-state index is -1.32. The fraction of sp³-hybridized carbons (Fsp3) is 0.385. The number of benzene rings is 1. The number of imide groups is 1. The maximum absolute atomic E-state index is 13.5. The normalized spacial score (nSPS) is 16.5. The number of carbonyl (C=O) groups excluding carboxylic acids is 1. The van der Waals surface area contributed by atoms with Crippen LogP contribution >= 0.6 is 11.6 Å². The SMILES string of the molecule is CC(c1cc(F)cc(Cl)c1CO)N1CCN(C(=O)O)C1=O. The predicted octanol–water partition coefficient (Wildman–Crippen LogP) is 2.45. The number of amides is 3. The highest BCUT2D eigenvalue weighted by molar-refractivity contribution is 6.31. The van der Waals surface area contributed by atoms with E-state index in [0.717, 1.165) is 6.07 Å². The van der Waals surface area contributed by atoms with Crippen molar-refractivity contribution >= 4 is 23.7 Å². The molecule has 6 nitrogen and oxygen atoms in total. The van der Waals surface area contributed by atoms with Crippen molar-refractivity contribution in [2.45, 2.75) is 19.6 Å². The van der Waals surface area contributed by atoms with Crippen LogP contribution in [0, 0.1) is 5.82 Å². The molecule has 1 aliphatic rings. The van der Waals surface area contributed by atoms with Crippen molar-refractivity contribution in [2.24, 2.45) is 0 Å². The molecule has 1 atom stereocenters. The van der Waals surface area contributed by atoms with Gasteiger partial charge in [0.1, 0.15) is 5.82 Å².